The van der Waals surface area contributed by atoms with E-state index < -0.39 is 17.8 Å². The van der Waals surface area contributed by atoms with Gasteiger partial charge < -0.3 is 15.5 Å². The summed E-state index contributed by atoms with van der Waals surface area (Å²) in [5.41, 5.74) is 2.23. The van der Waals surface area contributed by atoms with Gasteiger partial charge in [0.05, 0.1) is 11.3 Å². The van der Waals surface area contributed by atoms with Gasteiger partial charge in [-0.2, -0.15) is 24.5 Å². The zero-order valence-electron chi connectivity index (χ0n) is 16.9. The maximum absolute atomic E-state index is 12.9. The third kappa shape index (κ3) is 5.28. The first kappa shape index (κ1) is 21.9. The number of alkyl halides is 3. The molecule has 2 N–H and O–H groups in total. The Labute approximate surface area is 186 Å². The number of carbonyl (C=O) groups excluding carboxylic acids is 2. The number of nitrogens with one attached hydrogen (secondary N) is 2. The lowest BCUT2D eigenvalue weighted by Gasteiger charge is -2.18. The van der Waals surface area contributed by atoms with Crippen LogP contribution in [0.1, 0.15) is 24.0 Å². The first-order valence-corrected chi connectivity index (χ1v) is 10.9. The maximum atomic E-state index is 12.9. The minimum atomic E-state index is -4.50. The number of carbonyl (C=O) groups is 2. The van der Waals surface area contributed by atoms with Crippen LogP contribution in [0.4, 0.5) is 29.3 Å². The molecule has 0 radical (unpaired) electrons. The van der Waals surface area contributed by atoms with Crippen molar-refractivity contribution in [3.63, 3.8) is 0 Å². The van der Waals surface area contributed by atoms with E-state index in [1.807, 2.05) is 29.0 Å². The number of halogens is 3. The lowest BCUT2D eigenvalue weighted by atomic mass is 10.0. The number of rotatable bonds is 7. The molecule has 0 aliphatic heterocycles. The Morgan fingerprint density at radius 2 is 1.94 bits per heavy atom. The second-order valence-electron chi connectivity index (χ2n) is 7.56. The molecule has 0 bridgehead atoms. The molecule has 32 heavy (non-hydrogen) atoms. The lowest BCUT2D eigenvalue weighted by Crippen LogP contribution is -2.24. The van der Waals surface area contributed by atoms with Gasteiger partial charge in [0.2, 0.25) is 6.41 Å². The maximum Gasteiger partial charge on any atom is 0.416 e. The molecule has 1 aliphatic rings. The molecule has 3 aromatic rings. The van der Waals surface area contributed by atoms with Crippen LogP contribution in [0, 0.1) is 0 Å². The van der Waals surface area contributed by atoms with Crippen molar-refractivity contribution < 1.29 is 22.8 Å². The number of anilines is 2. The number of amides is 3. The van der Waals surface area contributed by atoms with Crippen LogP contribution in [-0.2, 0) is 17.5 Å². The molecular weight excluding hydrogens is 439 g/mol. The Kier molecular flexibility index (Phi) is 6.18. The molecule has 0 unspecified atom stereocenters. The molecular formula is C23H20F3N3O2S. The van der Waals surface area contributed by atoms with Crippen LogP contribution in [0.25, 0.3) is 11.1 Å². The Hall–Kier alpha value is -3.33. The van der Waals surface area contributed by atoms with Gasteiger partial charge in [0.15, 0.2) is 0 Å². The Balaban J connectivity index is 1.56. The second kappa shape index (κ2) is 9.04. The van der Waals surface area contributed by atoms with Gasteiger partial charge in [-0.1, -0.05) is 18.2 Å². The summed E-state index contributed by atoms with van der Waals surface area (Å²) in [5, 5.41) is 9.06. The zero-order valence-corrected chi connectivity index (χ0v) is 17.7. The van der Waals surface area contributed by atoms with E-state index >= 15 is 0 Å². The number of benzene rings is 2. The van der Waals surface area contributed by atoms with Crippen LogP contribution in [0.3, 0.4) is 0 Å². The third-order valence-electron chi connectivity index (χ3n) is 5.13. The summed E-state index contributed by atoms with van der Waals surface area (Å²) in [4.78, 5) is 25.7. The van der Waals surface area contributed by atoms with Crippen molar-refractivity contribution >= 4 is 35.2 Å². The molecule has 1 fully saturated rings. The van der Waals surface area contributed by atoms with E-state index in [1.54, 1.807) is 11.0 Å². The van der Waals surface area contributed by atoms with Gasteiger partial charge in [-0.3, -0.25) is 4.79 Å². The number of urea groups is 1. The molecule has 1 aliphatic carbocycles. The zero-order chi connectivity index (χ0) is 22.7. The molecule has 3 amide bonds. The van der Waals surface area contributed by atoms with Crippen molar-refractivity contribution in [1.82, 2.24) is 4.90 Å². The molecule has 5 nitrogen and oxygen atoms in total. The van der Waals surface area contributed by atoms with Crippen molar-refractivity contribution in [2.75, 3.05) is 10.6 Å². The van der Waals surface area contributed by atoms with Crippen molar-refractivity contribution in [3.05, 3.63) is 70.4 Å². The highest BCUT2D eigenvalue weighted by molar-refractivity contribution is 7.08. The van der Waals surface area contributed by atoms with Crippen molar-refractivity contribution in [1.29, 1.82) is 0 Å². The van der Waals surface area contributed by atoms with E-state index in [1.165, 1.54) is 23.5 Å². The fourth-order valence-corrected chi connectivity index (χ4v) is 4.05. The van der Waals surface area contributed by atoms with Gasteiger partial charge >= 0.3 is 12.2 Å². The van der Waals surface area contributed by atoms with E-state index in [4.69, 9.17) is 0 Å². The van der Waals surface area contributed by atoms with Crippen molar-refractivity contribution in [2.45, 2.75) is 31.6 Å². The molecule has 0 atom stereocenters. The van der Waals surface area contributed by atoms with Crippen molar-refractivity contribution in [2.24, 2.45) is 0 Å². The molecule has 1 aromatic heterocycles. The largest absolute Gasteiger partial charge is 0.416 e. The van der Waals surface area contributed by atoms with E-state index in [0.717, 1.165) is 48.1 Å². The van der Waals surface area contributed by atoms with E-state index in [0.29, 0.717) is 12.2 Å². The van der Waals surface area contributed by atoms with Gasteiger partial charge in [-0.25, -0.2) is 4.79 Å². The quantitative estimate of drug-likeness (QED) is 0.414. The Morgan fingerprint density at radius 1 is 1.12 bits per heavy atom. The highest BCUT2D eigenvalue weighted by Crippen LogP contribution is 2.33. The van der Waals surface area contributed by atoms with Crippen LogP contribution in [0.5, 0.6) is 0 Å². The first-order chi connectivity index (χ1) is 15.3. The molecule has 1 saturated carbocycles. The predicted octanol–water partition coefficient (Wildman–Crippen LogP) is 6.20. The van der Waals surface area contributed by atoms with Crippen molar-refractivity contribution in [3.8, 4) is 11.1 Å². The molecule has 0 saturated heterocycles. The van der Waals surface area contributed by atoms with Gasteiger partial charge in [0.25, 0.3) is 0 Å². The summed E-state index contributed by atoms with van der Waals surface area (Å²) in [6.45, 7) is 0.419. The minimum Gasteiger partial charge on any atom is -0.338 e. The van der Waals surface area contributed by atoms with Gasteiger partial charge in [-0.15, -0.1) is 0 Å². The van der Waals surface area contributed by atoms with Gasteiger partial charge in [0, 0.05) is 23.8 Å². The number of thiophene rings is 1. The molecule has 9 heteroatoms. The number of nitrogens with zero attached hydrogens (tertiary/aromatic N) is 1. The minimum absolute atomic E-state index is 0.0337. The summed E-state index contributed by atoms with van der Waals surface area (Å²) in [6, 6.07) is 11.5. The highest BCUT2D eigenvalue weighted by atomic mass is 32.1. The Bertz CT molecular complexity index is 1110. The van der Waals surface area contributed by atoms with Crippen LogP contribution in [0.2, 0.25) is 0 Å². The molecule has 1 heterocycles. The summed E-state index contributed by atoms with van der Waals surface area (Å²) in [7, 11) is 0. The summed E-state index contributed by atoms with van der Waals surface area (Å²) in [5.74, 6) is 0. The summed E-state index contributed by atoms with van der Waals surface area (Å²) < 4.78 is 38.8. The third-order valence-corrected chi connectivity index (χ3v) is 5.81. The van der Waals surface area contributed by atoms with Gasteiger partial charge in [-0.05, 0) is 65.1 Å². The monoisotopic (exact) mass is 459 g/mol. The average Bonchev–Trinajstić information content (AvgIpc) is 3.45. The van der Waals surface area contributed by atoms with E-state index in [9.17, 15) is 22.8 Å². The van der Waals surface area contributed by atoms with E-state index in [2.05, 4.69) is 10.6 Å². The van der Waals surface area contributed by atoms with Crippen LogP contribution >= 0.6 is 11.3 Å². The van der Waals surface area contributed by atoms with Gasteiger partial charge in [0.1, 0.15) is 0 Å². The van der Waals surface area contributed by atoms with Crippen LogP contribution in [0.15, 0.2) is 59.3 Å². The standard InChI is InChI=1S/C23H20F3N3O2S/c24-23(25,26)17-2-1-3-18(11-17)27-22(31)28-21-10-15(12-29(14-30)19-5-6-19)4-7-20(21)16-8-9-32-13-16/h1-4,7-11,13-14,19H,5-6,12H2,(H2,27,28,31). The second-order valence-corrected chi connectivity index (χ2v) is 8.34. The molecule has 166 valence electrons. The number of hydrogen-bond acceptors (Lipinski definition) is 3. The topological polar surface area (TPSA) is 61.4 Å². The average molecular weight is 459 g/mol. The summed E-state index contributed by atoms with van der Waals surface area (Å²) in [6.07, 6.45) is -1.70. The highest BCUT2D eigenvalue weighted by Gasteiger charge is 2.30. The first-order valence-electron chi connectivity index (χ1n) is 9.95. The van der Waals surface area contributed by atoms with Crippen LogP contribution in [-0.4, -0.2) is 23.4 Å². The molecule has 0 spiro atoms. The lowest BCUT2D eigenvalue weighted by molar-refractivity contribution is -0.137. The fourth-order valence-electron chi connectivity index (χ4n) is 3.39. The Morgan fingerprint density at radius 3 is 2.59 bits per heavy atom. The number of hydrogen-bond donors (Lipinski definition) is 2. The predicted molar refractivity (Wildman–Crippen MR) is 118 cm³/mol. The smallest absolute Gasteiger partial charge is 0.338 e. The SMILES string of the molecule is O=CN(Cc1ccc(-c2ccsc2)c(NC(=O)Nc2cccc(C(F)(F)F)c2)c1)C1CC1. The molecule has 4 rings (SSSR count). The summed E-state index contributed by atoms with van der Waals surface area (Å²) >= 11 is 1.51. The normalized spacial score (nSPS) is 13.5. The van der Waals surface area contributed by atoms with E-state index in [-0.39, 0.29) is 11.7 Å². The van der Waals surface area contributed by atoms with Crippen LogP contribution < -0.4 is 10.6 Å². The molecule has 2 aromatic carbocycles. The fraction of sp³-hybridized carbons (Fsp3) is 0.217.